The van der Waals surface area contributed by atoms with Gasteiger partial charge in [-0.05, 0) is 35.6 Å². The van der Waals surface area contributed by atoms with Crippen LogP contribution < -0.4 is 10.6 Å². The second kappa shape index (κ2) is 7.47. The molecule has 3 rings (SSSR count). The fourth-order valence-electron chi connectivity index (χ4n) is 2.96. The van der Waals surface area contributed by atoms with Gasteiger partial charge in [0.2, 0.25) is 5.91 Å². The minimum Gasteiger partial charge on any atom is -0.350 e. The summed E-state index contributed by atoms with van der Waals surface area (Å²) in [6.45, 7) is 1.85. The van der Waals surface area contributed by atoms with Gasteiger partial charge < -0.3 is 10.6 Å². The van der Waals surface area contributed by atoms with E-state index in [-0.39, 0.29) is 12.5 Å². The Morgan fingerprint density at radius 3 is 2.77 bits per heavy atom. The molecule has 1 aliphatic heterocycles. The van der Waals surface area contributed by atoms with Crippen molar-refractivity contribution in [2.24, 2.45) is 0 Å². The van der Waals surface area contributed by atoms with E-state index in [0.29, 0.717) is 23.6 Å². The number of nitrogens with zero attached hydrogens (tertiary/aromatic N) is 1. The highest BCUT2D eigenvalue weighted by Crippen LogP contribution is 2.33. The summed E-state index contributed by atoms with van der Waals surface area (Å²) in [5, 5.41) is 7.85. The van der Waals surface area contributed by atoms with E-state index in [4.69, 9.17) is 11.6 Å². The standard InChI is InChI=1S/C18H18ClN3O3S/c1-2-18(12-5-3-6-13(19)9-12)16(24)22(17(25)21-18)11-15(23)20-10-14-7-4-8-26-14/h3-9H,2,10-11H2,1H3,(H,20,23)(H,21,25). The average Bonchev–Trinajstić information content (AvgIpc) is 3.22. The Labute approximate surface area is 160 Å². The molecule has 0 bridgehead atoms. The molecule has 6 nitrogen and oxygen atoms in total. The van der Waals surface area contributed by atoms with Gasteiger partial charge in [-0.2, -0.15) is 0 Å². The van der Waals surface area contributed by atoms with Crippen molar-refractivity contribution >= 4 is 40.8 Å². The minimum atomic E-state index is -1.20. The van der Waals surface area contributed by atoms with Crippen molar-refractivity contribution in [1.29, 1.82) is 0 Å². The Bertz CT molecular complexity index is 840. The predicted molar refractivity (Wildman–Crippen MR) is 99.8 cm³/mol. The normalized spacial score (nSPS) is 19.5. The fourth-order valence-corrected chi connectivity index (χ4v) is 3.80. The van der Waals surface area contributed by atoms with E-state index in [1.165, 1.54) is 11.3 Å². The van der Waals surface area contributed by atoms with Gasteiger partial charge in [-0.15, -0.1) is 11.3 Å². The highest BCUT2D eigenvalue weighted by molar-refractivity contribution is 7.09. The monoisotopic (exact) mass is 391 g/mol. The molecule has 26 heavy (non-hydrogen) atoms. The Kier molecular flexibility index (Phi) is 5.29. The number of nitrogens with one attached hydrogen (secondary N) is 2. The van der Waals surface area contributed by atoms with E-state index < -0.39 is 17.5 Å². The molecule has 2 N–H and O–H groups in total. The first-order valence-corrected chi connectivity index (χ1v) is 9.41. The van der Waals surface area contributed by atoms with Crippen LogP contribution in [-0.4, -0.2) is 29.3 Å². The third kappa shape index (κ3) is 3.45. The molecular weight excluding hydrogens is 374 g/mol. The number of hydrogen-bond acceptors (Lipinski definition) is 4. The SMILES string of the molecule is CCC1(c2cccc(Cl)c2)NC(=O)N(CC(=O)NCc2cccs2)C1=O. The smallest absolute Gasteiger partial charge is 0.325 e. The molecule has 1 fully saturated rings. The van der Waals surface area contributed by atoms with Crippen LogP contribution in [0.25, 0.3) is 0 Å². The minimum absolute atomic E-state index is 0.321. The van der Waals surface area contributed by atoms with Crippen LogP contribution >= 0.6 is 22.9 Å². The molecule has 2 heterocycles. The third-order valence-corrected chi connectivity index (χ3v) is 5.48. The zero-order chi connectivity index (χ0) is 18.7. The predicted octanol–water partition coefficient (Wildman–Crippen LogP) is 2.88. The lowest BCUT2D eigenvalue weighted by Gasteiger charge is -2.25. The van der Waals surface area contributed by atoms with Gasteiger partial charge in [0.25, 0.3) is 5.91 Å². The summed E-state index contributed by atoms with van der Waals surface area (Å²) in [5.74, 6) is -0.835. The van der Waals surface area contributed by atoms with Gasteiger partial charge in [0.05, 0.1) is 6.54 Å². The summed E-state index contributed by atoms with van der Waals surface area (Å²) in [4.78, 5) is 39.5. The van der Waals surface area contributed by atoms with Crippen molar-refractivity contribution < 1.29 is 14.4 Å². The molecular formula is C18H18ClN3O3S. The number of imide groups is 1. The van der Waals surface area contributed by atoms with Crippen LogP contribution in [0.1, 0.15) is 23.8 Å². The summed E-state index contributed by atoms with van der Waals surface area (Å²) in [6.07, 6.45) is 0.352. The van der Waals surface area contributed by atoms with Crippen molar-refractivity contribution in [2.45, 2.75) is 25.4 Å². The van der Waals surface area contributed by atoms with E-state index in [1.807, 2.05) is 17.5 Å². The molecule has 1 atom stereocenters. The summed E-state index contributed by atoms with van der Waals surface area (Å²) in [5.41, 5.74) is -0.594. The van der Waals surface area contributed by atoms with Crippen LogP contribution in [0.15, 0.2) is 41.8 Å². The van der Waals surface area contributed by atoms with E-state index in [2.05, 4.69) is 10.6 Å². The topological polar surface area (TPSA) is 78.5 Å². The Morgan fingerprint density at radius 2 is 2.12 bits per heavy atom. The van der Waals surface area contributed by atoms with E-state index in [9.17, 15) is 14.4 Å². The third-order valence-electron chi connectivity index (χ3n) is 4.37. The molecule has 1 aromatic heterocycles. The van der Waals surface area contributed by atoms with Gasteiger partial charge >= 0.3 is 6.03 Å². The highest BCUT2D eigenvalue weighted by Gasteiger charge is 2.51. The molecule has 0 radical (unpaired) electrons. The van der Waals surface area contributed by atoms with Gasteiger partial charge in [-0.25, -0.2) is 4.79 Å². The number of amides is 4. The number of rotatable bonds is 6. The number of carbonyl (C=O) groups excluding carboxylic acids is 3. The Hall–Kier alpha value is -2.38. The maximum absolute atomic E-state index is 13.0. The first-order chi connectivity index (χ1) is 12.5. The van der Waals surface area contributed by atoms with E-state index in [1.54, 1.807) is 31.2 Å². The van der Waals surface area contributed by atoms with Crippen molar-refractivity contribution in [3.8, 4) is 0 Å². The lowest BCUT2D eigenvalue weighted by Crippen LogP contribution is -2.44. The summed E-state index contributed by atoms with van der Waals surface area (Å²) in [6, 6.07) is 10.0. The number of urea groups is 1. The molecule has 0 saturated carbocycles. The second-order valence-corrected chi connectivity index (χ2v) is 7.42. The van der Waals surface area contributed by atoms with Crippen LogP contribution in [0.3, 0.4) is 0 Å². The lowest BCUT2D eigenvalue weighted by molar-refractivity contribution is -0.135. The first kappa shape index (κ1) is 18.4. The zero-order valence-electron chi connectivity index (χ0n) is 14.1. The van der Waals surface area contributed by atoms with Crippen LogP contribution in [-0.2, 0) is 21.7 Å². The number of thiophene rings is 1. The highest BCUT2D eigenvalue weighted by atomic mass is 35.5. The van der Waals surface area contributed by atoms with Crippen LogP contribution in [0.2, 0.25) is 5.02 Å². The quantitative estimate of drug-likeness (QED) is 0.743. The van der Waals surface area contributed by atoms with Gasteiger partial charge in [0, 0.05) is 9.90 Å². The fraction of sp³-hybridized carbons (Fsp3) is 0.278. The molecule has 136 valence electrons. The molecule has 2 aromatic rings. The first-order valence-electron chi connectivity index (χ1n) is 8.15. The molecule has 8 heteroatoms. The largest absolute Gasteiger partial charge is 0.350 e. The van der Waals surface area contributed by atoms with Gasteiger partial charge in [0.15, 0.2) is 0 Å². The van der Waals surface area contributed by atoms with E-state index in [0.717, 1.165) is 9.78 Å². The molecule has 1 unspecified atom stereocenters. The molecule has 0 spiro atoms. The second-order valence-electron chi connectivity index (χ2n) is 5.95. The summed E-state index contributed by atoms with van der Waals surface area (Å²) >= 11 is 7.56. The zero-order valence-corrected chi connectivity index (χ0v) is 15.7. The van der Waals surface area contributed by atoms with Gasteiger partial charge in [0.1, 0.15) is 12.1 Å². The van der Waals surface area contributed by atoms with E-state index >= 15 is 0 Å². The Morgan fingerprint density at radius 1 is 1.31 bits per heavy atom. The summed E-state index contributed by atoms with van der Waals surface area (Å²) < 4.78 is 0. The van der Waals surface area contributed by atoms with Crippen molar-refractivity contribution in [3.05, 3.63) is 57.2 Å². The van der Waals surface area contributed by atoms with Gasteiger partial charge in [-0.1, -0.05) is 36.7 Å². The van der Waals surface area contributed by atoms with Crippen molar-refractivity contribution in [2.75, 3.05) is 6.54 Å². The lowest BCUT2D eigenvalue weighted by atomic mass is 9.87. The van der Waals surface area contributed by atoms with Crippen molar-refractivity contribution in [1.82, 2.24) is 15.5 Å². The van der Waals surface area contributed by atoms with Crippen LogP contribution in [0.5, 0.6) is 0 Å². The number of halogens is 1. The van der Waals surface area contributed by atoms with Gasteiger partial charge in [-0.3, -0.25) is 14.5 Å². The molecule has 1 aromatic carbocycles. The van der Waals surface area contributed by atoms with Crippen LogP contribution in [0, 0.1) is 0 Å². The number of carbonyl (C=O) groups is 3. The average molecular weight is 392 g/mol. The number of benzene rings is 1. The van der Waals surface area contributed by atoms with Crippen LogP contribution in [0.4, 0.5) is 4.79 Å². The van der Waals surface area contributed by atoms with Crippen molar-refractivity contribution in [3.63, 3.8) is 0 Å². The maximum Gasteiger partial charge on any atom is 0.325 e. The Balaban J connectivity index is 1.74. The molecule has 1 saturated heterocycles. The molecule has 0 aliphatic carbocycles. The number of hydrogen-bond donors (Lipinski definition) is 2. The molecule has 4 amide bonds. The molecule has 1 aliphatic rings. The summed E-state index contributed by atoms with van der Waals surface area (Å²) in [7, 11) is 0. The maximum atomic E-state index is 13.0.